The predicted molar refractivity (Wildman–Crippen MR) is 54.3 cm³/mol. The van der Waals surface area contributed by atoms with E-state index in [1.54, 1.807) is 0 Å². The Kier molecular flexibility index (Phi) is 4.07. The summed E-state index contributed by atoms with van der Waals surface area (Å²) in [4.78, 5) is 2.62. The highest BCUT2D eigenvalue weighted by atomic mass is 15.1. The Bertz CT molecular complexity index is 120. The Morgan fingerprint density at radius 3 is 2.50 bits per heavy atom. The second-order valence-electron chi connectivity index (χ2n) is 4.52. The molecule has 0 radical (unpaired) electrons. The zero-order chi connectivity index (χ0) is 8.97. The molecule has 12 heavy (non-hydrogen) atoms. The molecule has 0 aliphatic carbocycles. The van der Waals surface area contributed by atoms with Gasteiger partial charge in [-0.1, -0.05) is 19.8 Å². The monoisotopic (exact) mass is 169 g/mol. The van der Waals surface area contributed by atoms with Gasteiger partial charge in [0.15, 0.2) is 0 Å². The Labute approximate surface area is 77.1 Å². The Morgan fingerprint density at radius 1 is 1.08 bits per heavy atom. The van der Waals surface area contributed by atoms with Crippen LogP contribution in [0.3, 0.4) is 0 Å². The second kappa shape index (κ2) is 4.86. The molecule has 1 aliphatic rings. The molecule has 1 unspecified atom stereocenters. The lowest BCUT2D eigenvalue weighted by Gasteiger charge is -2.30. The SMILES string of the molecule is CC1CCCCN(C(C)C)CC1. The smallest absolute Gasteiger partial charge is 0.00385 e. The van der Waals surface area contributed by atoms with E-state index in [1.807, 2.05) is 0 Å². The summed E-state index contributed by atoms with van der Waals surface area (Å²) >= 11 is 0. The number of hydrogen-bond donors (Lipinski definition) is 0. The van der Waals surface area contributed by atoms with Gasteiger partial charge in [0.25, 0.3) is 0 Å². The predicted octanol–water partition coefficient (Wildman–Crippen LogP) is 2.91. The van der Waals surface area contributed by atoms with Crippen LogP contribution >= 0.6 is 0 Å². The first kappa shape index (κ1) is 10.0. The first-order valence-corrected chi connectivity index (χ1v) is 5.44. The molecule has 1 saturated heterocycles. The van der Waals surface area contributed by atoms with Gasteiger partial charge >= 0.3 is 0 Å². The van der Waals surface area contributed by atoms with Crippen LogP contribution in [0.25, 0.3) is 0 Å². The third-order valence-electron chi connectivity index (χ3n) is 3.03. The molecule has 72 valence electrons. The minimum atomic E-state index is 0.746. The molecule has 1 aliphatic heterocycles. The summed E-state index contributed by atoms with van der Waals surface area (Å²) in [5.41, 5.74) is 0. The molecule has 1 nitrogen and oxygen atoms in total. The highest BCUT2D eigenvalue weighted by Gasteiger charge is 2.13. The van der Waals surface area contributed by atoms with Crippen LogP contribution in [-0.4, -0.2) is 24.0 Å². The van der Waals surface area contributed by atoms with E-state index >= 15 is 0 Å². The molecule has 0 bridgehead atoms. The minimum Gasteiger partial charge on any atom is -0.301 e. The van der Waals surface area contributed by atoms with Crippen LogP contribution < -0.4 is 0 Å². The average Bonchev–Trinajstić information content (AvgIpc) is 1.97. The summed E-state index contributed by atoms with van der Waals surface area (Å²) in [5.74, 6) is 0.951. The Balaban J connectivity index is 2.34. The number of rotatable bonds is 1. The first-order chi connectivity index (χ1) is 5.70. The van der Waals surface area contributed by atoms with Crippen molar-refractivity contribution in [2.24, 2.45) is 5.92 Å². The molecular weight excluding hydrogens is 146 g/mol. The van der Waals surface area contributed by atoms with Crippen molar-refractivity contribution in [1.82, 2.24) is 4.90 Å². The highest BCUT2D eigenvalue weighted by Crippen LogP contribution is 2.17. The van der Waals surface area contributed by atoms with Crippen LogP contribution in [0.1, 0.15) is 46.5 Å². The molecule has 0 saturated carbocycles. The molecule has 0 aromatic heterocycles. The van der Waals surface area contributed by atoms with Gasteiger partial charge in [0.1, 0.15) is 0 Å². The van der Waals surface area contributed by atoms with Crippen LogP contribution in [0.5, 0.6) is 0 Å². The highest BCUT2D eigenvalue weighted by molar-refractivity contribution is 4.68. The largest absolute Gasteiger partial charge is 0.301 e. The number of nitrogens with zero attached hydrogens (tertiary/aromatic N) is 1. The van der Waals surface area contributed by atoms with Crippen LogP contribution in [0.4, 0.5) is 0 Å². The fraction of sp³-hybridized carbons (Fsp3) is 1.00. The van der Waals surface area contributed by atoms with E-state index in [4.69, 9.17) is 0 Å². The fourth-order valence-electron chi connectivity index (χ4n) is 1.97. The topological polar surface area (TPSA) is 3.24 Å². The van der Waals surface area contributed by atoms with Crippen molar-refractivity contribution < 1.29 is 0 Å². The van der Waals surface area contributed by atoms with E-state index in [2.05, 4.69) is 25.7 Å². The van der Waals surface area contributed by atoms with Gasteiger partial charge in [-0.2, -0.15) is 0 Å². The lowest BCUT2D eigenvalue weighted by molar-refractivity contribution is 0.185. The standard InChI is InChI=1S/C11H23N/c1-10(2)12-8-5-4-6-11(3)7-9-12/h10-11H,4-9H2,1-3H3. The third-order valence-corrected chi connectivity index (χ3v) is 3.03. The van der Waals surface area contributed by atoms with Gasteiger partial charge in [-0.15, -0.1) is 0 Å². The van der Waals surface area contributed by atoms with Crippen molar-refractivity contribution in [1.29, 1.82) is 0 Å². The van der Waals surface area contributed by atoms with E-state index in [0.717, 1.165) is 12.0 Å². The van der Waals surface area contributed by atoms with Gasteiger partial charge < -0.3 is 4.90 Å². The van der Waals surface area contributed by atoms with Gasteiger partial charge in [-0.3, -0.25) is 0 Å². The van der Waals surface area contributed by atoms with E-state index < -0.39 is 0 Å². The average molecular weight is 169 g/mol. The van der Waals surface area contributed by atoms with Crippen LogP contribution in [0.2, 0.25) is 0 Å². The lowest BCUT2D eigenvalue weighted by Crippen LogP contribution is -2.34. The van der Waals surface area contributed by atoms with Crippen molar-refractivity contribution in [3.05, 3.63) is 0 Å². The molecule has 0 aromatic rings. The summed E-state index contributed by atoms with van der Waals surface area (Å²) < 4.78 is 0. The maximum atomic E-state index is 2.62. The van der Waals surface area contributed by atoms with E-state index in [-0.39, 0.29) is 0 Å². The van der Waals surface area contributed by atoms with Crippen molar-refractivity contribution >= 4 is 0 Å². The Hall–Kier alpha value is -0.0400. The van der Waals surface area contributed by atoms with Gasteiger partial charge in [0.2, 0.25) is 0 Å². The summed E-state index contributed by atoms with van der Waals surface area (Å²) in [5, 5.41) is 0. The van der Waals surface area contributed by atoms with Crippen molar-refractivity contribution in [3.63, 3.8) is 0 Å². The Morgan fingerprint density at radius 2 is 1.83 bits per heavy atom. The normalized spacial score (nSPS) is 28.5. The molecule has 0 N–H and O–H groups in total. The molecule has 1 atom stereocenters. The maximum absolute atomic E-state index is 2.62. The molecule has 1 heteroatoms. The lowest BCUT2D eigenvalue weighted by atomic mass is 9.97. The summed E-state index contributed by atoms with van der Waals surface area (Å²) in [6.45, 7) is 9.66. The zero-order valence-electron chi connectivity index (χ0n) is 8.84. The molecule has 0 spiro atoms. The summed E-state index contributed by atoms with van der Waals surface area (Å²) in [7, 11) is 0. The van der Waals surface area contributed by atoms with E-state index in [1.165, 1.54) is 38.8 Å². The van der Waals surface area contributed by atoms with E-state index in [0.29, 0.717) is 0 Å². The summed E-state index contributed by atoms with van der Waals surface area (Å²) in [6.07, 6.45) is 5.69. The second-order valence-corrected chi connectivity index (χ2v) is 4.52. The molecule has 1 rings (SSSR count). The van der Waals surface area contributed by atoms with Crippen molar-refractivity contribution in [2.45, 2.75) is 52.5 Å². The molecule has 1 fully saturated rings. The number of hydrogen-bond acceptors (Lipinski definition) is 1. The molecular formula is C11H23N. The van der Waals surface area contributed by atoms with E-state index in [9.17, 15) is 0 Å². The van der Waals surface area contributed by atoms with Gasteiger partial charge in [-0.25, -0.2) is 0 Å². The third kappa shape index (κ3) is 3.14. The first-order valence-electron chi connectivity index (χ1n) is 5.44. The fourth-order valence-corrected chi connectivity index (χ4v) is 1.97. The van der Waals surface area contributed by atoms with Crippen LogP contribution in [0.15, 0.2) is 0 Å². The van der Waals surface area contributed by atoms with Crippen molar-refractivity contribution in [3.8, 4) is 0 Å². The van der Waals surface area contributed by atoms with Crippen molar-refractivity contribution in [2.75, 3.05) is 13.1 Å². The van der Waals surface area contributed by atoms with Gasteiger partial charge in [0, 0.05) is 6.04 Å². The quantitative estimate of drug-likeness (QED) is 0.583. The maximum Gasteiger partial charge on any atom is 0.00385 e. The summed E-state index contributed by atoms with van der Waals surface area (Å²) in [6, 6.07) is 0.746. The molecule has 0 amide bonds. The van der Waals surface area contributed by atoms with Crippen LogP contribution in [0, 0.1) is 5.92 Å². The van der Waals surface area contributed by atoms with Gasteiger partial charge in [-0.05, 0) is 45.7 Å². The van der Waals surface area contributed by atoms with Crippen LogP contribution in [-0.2, 0) is 0 Å². The zero-order valence-corrected chi connectivity index (χ0v) is 8.84. The minimum absolute atomic E-state index is 0.746. The van der Waals surface area contributed by atoms with Gasteiger partial charge in [0.05, 0.1) is 0 Å². The molecule has 0 aromatic carbocycles. The molecule has 1 heterocycles. The number of likely N-dealkylation sites (tertiary alicyclic amines) is 1.